The third-order valence-electron chi connectivity index (χ3n) is 5.40. The molecule has 3 rings (SSSR count). The Morgan fingerprint density at radius 2 is 2.16 bits per heavy atom. The van der Waals surface area contributed by atoms with Crippen LogP contribution in [0.1, 0.15) is 54.6 Å². The van der Waals surface area contributed by atoms with E-state index in [1.807, 2.05) is 18.3 Å². The number of carbonyl (C=O) groups is 1. The second-order valence-electron chi connectivity index (χ2n) is 7.24. The van der Waals surface area contributed by atoms with E-state index in [2.05, 4.69) is 4.90 Å². The summed E-state index contributed by atoms with van der Waals surface area (Å²) in [7, 11) is 1.69. The van der Waals surface area contributed by atoms with E-state index in [1.165, 1.54) is 34.8 Å². The van der Waals surface area contributed by atoms with Crippen LogP contribution >= 0.6 is 11.3 Å². The third-order valence-corrected chi connectivity index (χ3v) is 6.54. The number of thiazole rings is 1. The number of hydrogen-bond donors (Lipinski definition) is 0. The van der Waals surface area contributed by atoms with Crippen molar-refractivity contribution >= 4 is 17.3 Å². The predicted octanol–water partition coefficient (Wildman–Crippen LogP) is 3.20. The molecule has 0 N–H and O–H groups in total. The molecule has 1 saturated heterocycles. The summed E-state index contributed by atoms with van der Waals surface area (Å²) in [5, 5.41) is 1.21. The number of piperidine rings is 1. The molecule has 140 valence electrons. The normalized spacial score (nSPS) is 24.1. The maximum absolute atomic E-state index is 12.7. The van der Waals surface area contributed by atoms with Gasteiger partial charge in [-0.15, -0.1) is 11.3 Å². The van der Waals surface area contributed by atoms with E-state index >= 15 is 0 Å². The standard InChI is InChI=1S/C19H30N2O3S/c1-3-24-18(22)19(10-12-23-2)9-6-11-21(14-19)13-17-20-15-7-4-5-8-16(15)25-17/h3-14H2,1-2H3/t19-/m1/s1. The molecule has 1 aliphatic heterocycles. The first-order valence-electron chi connectivity index (χ1n) is 9.53. The lowest BCUT2D eigenvalue weighted by Crippen LogP contribution is -2.48. The van der Waals surface area contributed by atoms with Gasteiger partial charge in [-0.1, -0.05) is 0 Å². The minimum Gasteiger partial charge on any atom is -0.466 e. The molecule has 25 heavy (non-hydrogen) atoms. The molecule has 0 spiro atoms. The molecule has 5 nitrogen and oxygen atoms in total. The van der Waals surface area contributed by atoms with Crippen LogP contribution in [0.4, 0.5) is 0 Å². The number of carbonyl (C=O) groups excluding carboxylic acids is 1. The van der Waals surface area contributed by atoms with Gasteiger partial charge < -0.3 is 9.47 Å². The third kappa shape index (κ3) is 4.41. The molecule has 0 saturated carbocycles. The number of aryl methyl sites for hydroxylation is 2. The van der Waals surface area contributed by atoms with Gasteiger partial charge >= 0.3 is 5.97 Å². The van der Waals surface area contributed by atoms with Gasteiger partial charge in [-0.05, 0) is 58.4 Å². The number of rotatable bonds is 7. The van der Waals surface area contributed by atoms with Gasteiger partial charge in [0.15, 0.2) is 0 Å². The fourth-order valence-corrected chi connectivity index (χ4v) is 5.28. The van der Waals surface area contributed by atoms with Crippen LogP contribution in [0.25, 0.3) is 0 Å². The molecule has 2 aliphatic rings. The lowest BCUT2D eigenvalue weighted by molar-refractivity contribution is -0.160. The van der Waals surface area contributed by atoms with E-state index < -0.39 is 5.41 Å². The molecule has 1 fully saturated rings. The van der Waals surface area contributed by atoms with Crippen LogP contribution in [0, 0.1) is 5.41 Å². The Morgan fingerprint density at radius 3 is 2.92 bits per heavy atom. The maximum atomic E-state index is 12.7. The molecule has 0 unspecified atom stereocenters. The monoisotopic (exact) mass is 366 g/mol. The molecule has 1 aliphatic carbocycles. The number of nitrogens with zero attached hydrogens (tertiary/aromatic N) is 2. The molecule has 0 bridgehead atoms. The highest BCUT2D eigenvalue weighted by atomic mass is 32.1. The smallest absolute Gasteiger partial charge is 0.313 e. The highest BCUT2D eigenvalue weighted by Gasteiger charge is 2.43. The van der Waals surface area contributed by atoms with Crippen molar-refractivity contribution in [1.29, 1.82) is 0 Å². The van der Waals surface area contributed by atoms with Crippen molar-refractivity contribution < 1.29 is 14.3 Å². The van der Waals surface area contributed by atoms with Crippen LogP contribution in [-0.2, 0) is 33.7 Å². The van der Waals surface area contributed by atoms with Gasteiger partial charge in [-0.25, -0.2) is 4.98 Å². The molecule has 0 amide bonds. The average Bonchev–Trinajstić information content (AvgIpc) is 3.02. The largest absolute Gasteiger partial charge is 0.466 e. The quantitative estimate of drug-likeness (QED) is 0.694. The fourth-order valence-electron chi connectivity index (χ4n) is 4.08. The summed E-state index contributed by atoms with van der Waals surface area (Å²) in [5.74, 6) is -0.0600. The molecular weight excluding hydrogens is 336 g/mol. The molecule has 2 heterocycles. The van der Waals surface area contributed by atoms with Crippen molar-refractivity contribution in [3.05, 3.63) is 15.6 Å². The maximum Gasteiger partial charge on any atom is 0.313 e. The van der Waals surface area contributed by atoms with E-state index in [9.17, 15) is 4.79 Å². The highest BCUT2D eigenvalue weighted by Crippen LogP contribution is 2.36. The van der Waals surface area contributed by atoms with Gasteiger partial charge in [0.1, 0.15) is 5.01 Å². The minimum atomic E-state index is -0.429. The van der Waals surface area contributed by atoms with Gasteiger partial charge in [-0.2, -0.15) is 0 Å². The summed E-state index contributed by atoms with van der Waals surface area (Å²) in [4.78, 5) is 21.4. The van der Waals surface area contributed by atoms with Crippen molar-refractivity contribution in [2.24, 2.45) is 5.41 Å². The first-order chi connectivity index (χ1) is 12.2. The SMILES string of the molecule is CCOC(=O)[C@@]1(CCOC)CCCN(Cc2nc3c(s2)CCCC3)C1. The number of methoxy groups -OCH3 is 1. The van der Waals surface area contributed by atoms with Gasteiger partial charge in [0.2, 0.25) is 0 Å². The highest BCUT2D eigenvalue weighted by molar-refractivity contribution is 7.11. The second-order valence-corrected chi connectivity index (χ2v) is 8.41. The van der Waals surface area contributed by atoms with Crippen molar-refractivity contribution in [3.8, 4) is 0 Å². The van der Waals surface area contributed by atoms with E-state index in [4.69, 9.17) is 14.5 Å². The zero-order valence-electron chi connectivity index (χ0n) is 15.5. The van der Waals surface area contributed by atoms with Crippen LogP contribution in [-0.4, -0.2) is 49.3 Å². The zero-order chi connectivity index (χ0) is 17.7. The molecule has 6 heteroatoms. The van der Waals surface area contributed by atoms with Crippen LogP contribution < -0.4 is 0 Å². The van der Waals surface area contributed by atoms with E-state index in [1.54, 1.807) is 7.11 Å². The summed E-state index contributed by atoms with van der Waals surface area (Å²) in [6, 6.07) is 0. The van der Waals surface area contributed by atoms with Crippen LogP contribution in [0.3, 0.4) is 0 Å². The Kier molecular flexibility index (Phi) is 6.47. The Hall–Kier alpha value is -0.980. The van der Waals surface area contributed by atoms with Gasteiger partial charge in [0.05, 0.1) is 24.3 Å². The molecular formula is C19H30N2O3S. The van der Waals surface area contributed by atoms with Crippen molar-refractivity contribution in [1.82, 2.24) is 9.88 Å². The molecule has 1 aromatic heterocycles. The molecule has 1 atom stereocenters. The summed E-state index contributed by atoms with van der Waals surface area (Å²) < 4.78 is 10.7. The average molecular weight is 367 g/mol. The van der Waals surface area contributed by atoms with Gasteiger partial charge in [-0.3, -0.25) is 9.69 Å². The number of fused-ring (bicyclic) bond motifs is 1. The Bertz CT molecular complexity index is 566. The lowest BCUT2D eigenvalue weighted by atomic mass is 9.77. The number of hydrogen-bond acceptors (Lipinski definition) is 6. The first-order valence-corrected chi connectivity index (χ1v) is 10.3. The van der Waals surface area contributed by atoms with Gasteiger partial charge in [0.25, 0.3) is 0 Å². The van der Waals surface area contributed by atoms with Crippen molar-refractivity contribution in [2.45, 2.75) is 58.4 Å². The second kappa shape index (κ2) is 8.60. The van der Waals surface area contributed by atoms with Crippen LogP contribution in [0.2, 0.25) is 0 Å². The lowest BCUT2D eigenvalue weighted by Gasteiger charge is -2.40. The van der Waals surface area contributed by atoms with Crippen molar-refractivity contribution in [3.63, 3.8) is 0 Å². The van der Waals surface area contributed by atoms with Crippen molar-refractivity contribution in [2.75, 3.05) is 33.4 Å². The zero-order valence-corrected chi connectivity index (χ0v) is 16.3. The van der Waals surface area contributed by atoms with Gasteiger partial charge in [0, 0.05) is 25.1 Å². The van der Waals surface area contributed by atoms with E-state index in [-0.39, 0.29) is 5.97 Å². The van der Waals surface area contributed by atoms with E-state index in [0.29, 0.717) is 13.2 Å². The summed E-state index contributed by atoms with van der Waals surface area (Å²) >= 11 is 1.87. The predicted molar refractivity (Wildman–Crippen MR) is 98.8 cm³/mol. The van der Waals surface area contributed by atoms with E-state index in [0.717, 1.165) is 45.3 Å². The number of likely N-dealkylation sites (tertiary alicyclic amines) is 1. The Balaban J connectivity index is 1.69. The molecule has 1 aromatic rings. The Labute approximate surface area is 154 Å². The number of ether oxygens (including phenoxy) is 2. The molecule has 0 aromatic carbocycles. The first kappa shape index (κ1) is 18.8. The van der Waals surface area contributed by atoms with Crippen LogP contribution in [0.15, 0.2) is 0 Å². The minimum absolute atomic E-state index is 0.0600. The summed E-state index contributed by atoms with van der Waals surface area (Å²) in [5.41, 5.74) is 0.889. The van der Waals surface area contributed by atoms with Crippen LogP contribution in [0.5, 0.6) is 0 Å². The number of aromatic nitrogens is 1. The summed E-state index contributed by atoms with van der Waals surface area (Å²) in [6.45, 7) is 5.54. The fraction of sp³-hybridized carbons (Fsp3) is 0.789. The summed E-state index contributed by atoms with van der Waals surface area (Å²) in [6.07, 6.45) is 7.52. The topological polar surface area (TPSA) is 51.7 Å². The number of esters is 1. The molecule has 0 radical (unpaired) electrons. The Morgan fingerprint density at radius 1 is 1.32 bits per heavy atom.